The number of rotatable bonds is 6. The number of benzene rings is 1. The highest BCUT2D eigenvalue weighted by Gasteiger charge is 2.24. The first-order valence-electron chi connectivity index (χ1n) is 9.04. The maximum atomic E-state index is 14.4. The van der Waals surface area contributed by atoms with Gasteiger partial charge in [0.1, 0.15) is 5.82 Å². The van der Waals surface area contributed by atoms with Gasteiger partial charge in [0.05, 0.1) is 18.6 Å². The maximum absolute atomic E-state index is 14.4. The Hall–Kier alpha value is -1.29. The van der Waals surface area contributed by atoms with Gasteiger partial charge in [-0.2, -0.15) is 11.8 Å². The summed E-state index contributed by atoms with van der Waals surface area (Å²) in [5.74, 6) is 0.533. The van der Waals surface area contributed by atoms with Crippen molar-refractivity contribution in [2.45, 2.75) is 44.0 Å². The average molecular weight is 503 g/mol. The van der Waals surface area contributed by atoms with Gasteiger partial charge in [0, 0.05) is 30.2 Å². The van der Waals surface area contributed by atoms with Crippen molar-refractivity contribution in [3.63, 3.8) is 0 Å². The van der Waals surface area contributed by atoms with Gasteiger partial charge in [-0.3, -0.25) is 0 Å². The van der Waals surface area contributed by atoms with Crippen LogP contribution in [0, 0.1) is 5.82 Å². The molecule has 1 aliphatic carbocycles. The molecule has 1 saturated carbocycles. The number of thioether (sulfide) groups is 1. The molecule has 2 atom stereocenters. The summed E-state index contributed by atoms with van der Waals surface area (Å²) in [6, 6.07) is 5.68. The topological polar surface area (TPSA) is 54.2 Å². The number of aromatic nitrogens is 2. The van der Waals surface area contributed by atoms with Gasteiger partial charge in [-0.1, -0.05) is 6.07 Å². The Morgan fingerprint density at radius 2 is 2.26 bits per heavy atom. The Bertz CT molecular complexity index is 738. The second kappa shape index (κ2) is 10.9. The molecule has 2 unspecified atom stereocenters. The number of imidazole rings is 1. The standard InChI is InChI=1S/C19H26FN5S.HI/c1-3-22-19(24-15-5-6-16(11-15)26-2)23-12-14-4-7-18(17(20)10-14)25-9-8-21-13-25;/h4,7-10,13,15-16H,3,5-6,11-12H2,1-2H3,(H2,22,23,24);1H. The molecule has 1 aliphatic rings. The van der Waals surface area contributed by atoms with Gasteiger partial charge in [-0.05, 0) is 50.1 Å². The van der Waals surface area contributed by atoms with E-state index in [4.69, 9.17) is 0 Å². The molecule has 2 N–H and O–H groups in total. The van der Waals surface area contributed by atoms with Crippen LogP contribution in [0.4, 0.5) is 4.39 Å². The molecule has 0 bridgehead atoms. The fraction of sp³-hybridized carbons (Fsp3) is 0.474. The van der Waals surface area contributed by atoms with E-state index in [9.17, 15) is 4.39 Å². The van der Waals surface area contributed by atoms with Crippen LogP contribution < -0.4 is 10.6 Å². The summed E-state index contributed by atoms with van der Waals surface area (Å²) in [6.45, 7) is 3.30. The Morgan fingerprint density at radius 3 is 2.89 bits per heavy atom. The lowest BCUT2D eigenvalue weighted by atomic mass is 10.2. The molecule has 1 fully saturated rings. The first kappa shape index (κ1) is 22.0. The summed E-state index contributed by atoms with van der Waals surface area (Å²) in [4.78, 5) is 8.59. The van der Waals surface area contributed by atoms with Crippen LogP contribution in [0.25, 0.3) is 5.69 Å². The molecule has 0 saturated heterocycles. The predicted molar refractivity (Wildman–Crippen MR) is 122 cm³/mol. The van der Waals surface area contributed by atoms with Gasteiger partial charge >= 0.3 is 0 Å². The van der Waals surface area contributed by atoms with E-state index in [0.717, 1.165) is 23.3 Å². The van der Waals surface area contributed by atoms with Gasteiger partial charge in [-0.25, -0.2) is 14.4 Å². The van der Waals surface area contributed by atoms with E-state index >= 15 is 0 Å². The van der Waals surface area contributed by atoms with Crippen molar-refractivity contribution >= 4 is 41.7 Å². The molecule has 148 valence electrons. The highest BCUT2D eigenvalue weighted by Crippen LogP contribution is 2.28. The van der Waals surface area contributed by atoms with Crippen molar-refractivity contribution in [1.29, 1.82) is 0 Å². The van der Waals surface area contributed by atoms with Gasteiger partial charge < -0.3 is 15.2 Å². The van der Waals surface area contributed by atoms with Crippen LogP contribution in [0.5, 0.6) is 0 Å². The summed E-state index contributed by atoms with van der Waals surface area (Å²) >= 11 is 1.94. The first-order valence-corrected chi connectivity index (χ1v) is 10.3. The largest absolute Gasteiger partial charge is 0.357 e. The fourth-order valence-corrected chi connectivity index (χ4v) is 4.03. The number of nitrogens with one attached hydrogen (secondary N) is 2. The number of hydrogen-bond donors (Lipinski definition) is 2. The smallest absolute Gasteiger partial charge is 0.191 e. The lowest BCUT2D eigenvalue weighted by Crippen LogP contribution is -2.42. The normalized spacial score (nSPS) is 19.6. The van der Waals surface area contributed by atoms with Crippen LogP contribution >= 0.6 is 35.7 Å². The minimum atomic E-state index is -0.271. The molecule has 0 spiro atoms. The van der Waals surface area contributed by atoms with E-state index in [2.05, 4.69) is 33.8 Å². The van der Waals surface area contributed by atoms with E-state index in [1.54, 1.807) is 35.4 Å². The Labute approximate surface area is 181 Å². The van der Waals surface area contributed by atoms with Crippen LogP contribution in [0.3, 0.4) is 0 Å². The minimum Gasteiger partial charge on any atom is -0.357 e. The van der Waals surface area contributed by atoms with Gasteiger partial charge in [-0.15, -0.1) is 24.0 Å². The zero-order chi connectivity index (χ0) is 18.4. The van der Waals surface area contributed by atoms with Crippen molar-refractivity contribution in [1.82, 2.24) is 20.2 Å². The first-order chi connectivity index (χ1) is 12.7. The molecule has 5 nitrogen and oxygen atoms in total. The van der Waals surface area contributed by atoms with E-state index in [1.807, 2.05) is 17.8 Å². The zero-order valence-electron chi connectivity index (χ0n) is 15.7. The van der Waals surface area contributed by atoms with Crippen LogP contribution in [-0.2, 0) is 6.54 Å². The molecule has 8 heteroatoms. The van der Waals surface area contributed by atoms with Crippen LogP contribution in [0.2, 0.25) is 0 Å². The van der Waals surface area contributed by atoms with Gasteiger partial charge in [0.25, 0.3) is 0 Å². The second-order valence-corrected chi connectivity index (χ2v) is 7.60. The summed E-state index contributed by atoms with van der Waals surface area (Å²) in [5, 5.41) is 7.54. The molecule has 0 aliphatic heterocycles. The molecular formula is C19H27FIN5S. The lowest BCUT2D eigenvalue weighted by Gasteiger charge is -2.17. The van der Waals surface area contributed by atoms with E-state index in [0.29, 0.717) is 18.3 Å². The quantitative estimate of drug-likeness (QED) is 0.356. The Kier molecular flexibility index (Phi) is 8.88. The Balaban J connectivity index is 0.00000261. The van der Waals surface area contributed by atoms with E-state index in [-0.39, 0.29) is 29.8 Å². The molecule has 1 aromatic heterocycles. The molecule has 1 aromatic carbocycles. The average Bonchev–Trinajstić information content (AvgIpc) is 3.31. The molecule has 0 radical (unpaired) electrons. The highest BCUT2D eigenvalue weighted by molar-refractivity contribution is 14.0. The third kappa shape index (κ3) is 6.10. The number of halogens is 2. The van der Waals surface area contributed by atoms with Crippen LogP contribution in [-0.4, -0.2) is 39.6 Å². The minimum absolute atomic E-state index is 0. The summed E-state index contributed by atoms with van der Waals surface area (Å²) in [6.07, 6.45) is 10.7. The molecular weight excluding hydrogens is 476 g/mol. The number of guanidine groups is 1. The SMILES string of the molecule is CCNC(=NCc1ccc(-n2ccnc2)c(F)c1)NC1CCC(SC)C1.I. The van der Waals surface area contributed by atoms with Gasteiger partial charge in [0.15, 0.2) is 5.96 Å². The molecule has 1 heterocycles. The summed E-state index contributed by atoms with van der Waals surface area (Å²) in [5.41, 5.74) is 1.34. The van der Waals surface area contributed by atoms with Crippen molar-refractivity contribution in [2.75, 3.05) is 12.8 Å². The number of aliphatic imine (C=N–C) groups is 1. The number of nitrogens with zero attached hydrogens (tertiary/aromatic N) is 3. The Morgan fingerprint density at radius 1 is 1.41 bits per heavy atom. The van der Waals surface area contributed by atoms with Crippen LogP contribution in [0.1, 0.15) is 31.7 Å². The molecule has 2 aromatic rings. The fourth-order valence-electron chi connectivity index (χ4n) is 3.23. The maximum Gasteiger partial charge on any atom is 0.191 e. The lowest BCUT2D eigenvalue weighted by molar-refractivity contribution is 0.611. The molecule has 27 heavy (non-hydrogen) atoms. The van der Waals surface area contributed by atoms with Crippen molar-refractivity contribution in [2.24, 2.45) is 4.99 Å². The zero-order valence-corrected chi connectivity index (χ0v) is 18.8. The van der Waals surface area contributed by atoms with Crippen molar-refractivity contribution < 1.29 is 4.39 Å². The molecule has 3 rings (SSSR count). The molecule has 0 amide bonds. The van der Waals surface area contributed by atoms with Crippen molar-refractivity contribution in [3.8, 4) is 5.69 Å². The monoisotopic (exact) mass is 503 g/mol. The van der Waals surface area contributed by atoms with E-state index in [1.165, 1.54) is 19.3 Å². The van der Waals surface area contributed by atoms with Gasteiger partial charge in [0.2, 0.25) is 0 Å². The van der Waals surface area contributed by atoms with E-state index < -0.39 is 0 Å². The van der Waals surface area contributed by atoms with Crippen molar-refractivity contribution in [3.05, 3.63) is 48.3 Å². The third-order valence-corrected chi connectivity index (χ3v) is 5.71. The highest BCUT2D eigenvalue weighted by atomic mass is 127. The third-order valence-electron chi connectivity index (χ3n) is 4.62. The van der Waals surface area contributed by atoms with Crippen LogP contribution in [0.15, 0.2) is 41.9 Å². The summed E-state index contributed by atoms with van der Waals surface area (Å²) < 4.78 is 16.0. The predicted octanol–water partition coefficient (Wildman–Crippen LogP) is 3.97. The second-order valence-electron chi connectivity index (χ2n) is 6.46. The number of hydrogen-bond acceptors (Lipinski definition) is 3. The summed E-state index contributed by atoms with van der Waals surface area (Å²) in [7, 11) is 0.